The Labute approximate surface area is 149 Å². The summed E-state index contributed by atoms with van der Waals surface area (Å²) in [6.07, 6.45) is 0. The van der Waals surface area contributed by atoms with Crippen LogP contribution < -0.4 is 14.8 Å². The number of hydrogen-bond donors (Lipinski definition) is 1. The van der Waals surface area contributed by atoms with Gasteiger partial charge in [-0.05, 0) is 30.8 Å². The second-order valence-corrected chi connectivity index (χ2v) is 5.71. The monoisotopic (exact) mass is 342 g/mol. The number of carbonyl (C=O) groups excluding carboxylic acids is 1. The average molecular weight is 342 g/mol. The molecule has 0 spiro atoms. The minimum atomic E-state index is -0.162. The molecule has 2 aromatic rings. The summed E-state index contributed by atoms with van der Waals surface area (Å²) in [5, 5.41) is 2.88. The minimum absolute atomic E-state index is 0.162. The van der Waals surface area contributed by atoms with Crippen LogP contribution in [0.1, 0.15) is 29.8 Å². The van der Waals surface area contributed by atoms with Gasteiger partial charge in [0, 0.05) is 36.0 Å². The lowest BCUT2D eigenvalue weighted by Crippen LogP contribution is -2.22. The van der Waals surface area contributed by atoms with Gasteiger partial charge >= 0.3 is 0 Å². The second kappa shape index (κ2) is 9.08. The van der Waals surface area contributed by atoms with E-state index in [9.17, 15) is 4.79 Å². The van der Waals surface area contributed by atoms with E-state index in [0.717, 1.165) is 19.6 Å². The minimum Gasteiger partial charge on any atom is -0.497 e. The zero-order valence-electron chi connectivity index (χ0n) is 15.3. The zero-order chi connectivity index (χ0) is 18.2. The van der Waals surface area contributed by atoms with Crippen molar-refractivity contribution in [2.45, 2.75) is 20.4 Å². The number of benzene rings is 2. The number of hydrogen-bond acceptors (Lipinski definition) is 4. The smallest absolute Gasteiger partial charge is 0.255 e. The van der Waals surface area contributed by atoms with Crippen molar-refractivity contribution >= 4 is 11.6 Å². The van der Waals surface area contributed by atoms with E-state index >= 15 is 0 Å². The fourth-order valence-corrected chi connectivity index (χ4v) is 2.55. The summed E-state index contributed by atoms with van der Waals surface area (Å²) in [4.78, 5) is 14.8. The zero-order valence-corrected chi connectivity index (χ0v) is 15.3. The highest BCUT2D eigenvalue weighted by Gasteiger charge is 2.09. The Morgan fingerprint density at radius 1 is 0.960 bits per heavy atom. The lowest BCUT2D eigenvalue weighted by Gasteiger charge is -2.18. The quantitative estimate of drug-likeness (QED) is 0.793. The predicted molar refractivity (Wildman–Crippen MR) is 101 cm³/mol. The van der Waals surface area contributed by atoms with E-state index in [1.165, 1.54) is 5.56 Å². The standard InChI is InChI=1S/C20H26N2O3/c1-5-22(6-2)14-15-7-9-16(10-8-15)20(23)21-17-11-18(24-3)13-19(12-17)25-4/h7-13H,5-6,14H2,1-4H3,(H,21,23). The van der Waals surface area contributed by atoms with Crippen molar-refractivity contribution < 1.29 is 14.3 Å². The second-order valence-electron chi connectivity index (χ2n) is 5.71. The maximum Gasteiger partial charge on any atom is 0.255 e. The number of nitrogens with zero attached hydrogens (tertiary/aromatic N) is 1. The maximum atomic E-state index is 12.5. The highest BCUT2D eigenvalue weighted by Crippen LogP contribution is 2.26. The highest BCUT2D eigenvalue weighted by atomic mass is 16.5. The predicted octanol–water partition coefficient (Wildman–Crippen LogP) is 3.80. The molecule has 1 N–H and O–H groups in total. The molecule has 0 saturated carbocycles. The van der Waals surface area contributed by atoms with Crippen LogP contribution in [-0.2, 0) is 6.54 Å². The molecule has 2 rings (SSSR count). The Morgan fingerprint density at radius 3 is 2.00 bits per heavy atom. The SMILES string of the molecule is CCN(CC)Cc1ccc(C(=O)Nc2cc(OC)cc(OC)c2)cc1. The molecule has 0 bridgehead atoms. The van der Waals surface area contributed by atoms with E-state index in [4.69, 9.17) is 9.47 Å². The van der Waals surface area contributed by atoms with Gasteiger partial charge in [-0.3, -0.25) is 9.69 Å². The summed E-state index contributed by atoms with van der Waals surface area (Å²) in [5.74, 6) is 1.10. The van der Waals surface area contributed by atoms with E-state index in [2.05, 4.69) is 24.1 Å². The molecule has 1 amide bonds. The molecule has 0 fully saturated rings. The van der Waals surface area contributed by atoms with Crippen molar-refractivity contribution in [3.8, 4) is 11.5 Å². The molecule has 5 heteroatoms. The van der Waals surface area contributed by atoms with Crippen molar-refractivity contribution in [2.24, 2.45) is 0 Å². The molecule has 0 atom stereocenters. The third-order valence-electron chi connectivity index (χ3n) is 4.13. The van der Waals surface area contributed by atoms with Crippen molar-refractivity contribution in [3.05, 3.63) is 53.6 Å². The molecule has 134 valence electrons. The van der Waals surface area contributed by atoms with Crippen molar-refractivity contribution in [1.29, 1.82) is 0 Å². The maximum absolute atomic E-state index is 12.5. The van der Waals surface area contributed by atoms with Crippen LogP contribution in [0.2, 0.25) is 0 Å². The third-order valence-corrected chi connectivity index (χ3v) is 4.13. The molecule has 0 aromatic heterocycles. The van der Waals surface area contributed by atoms with Gasteiger partial charge in [0.1, 0.15) is 11.5 Å². The Bertz CT molecular complexity index is 672. The van der Waals surface area contributed by atoms with Gasteiger partial charge in [0.2, 0.25) is 0 Å². The van der Waals surface area contributed by atoms with Crippen LogP contribution in [0, 0.1) is 0 Å². The number of amides is 1. The van der Waals surface area contributed by atoms with Crippen molar-refractivity contribution in [1.82, 2.24) is 4.90 Å². The van der Waals surface area contributed by atoms with E-state index in [0.29, 0.717) is 22.7 Å². The first kappa shape index (κ1) is 18.8. The fourth-order valence-electron chi connectivity index (χ4n) is 2.55. The average Bonchev–Trinajstić information content (AvgIpc) is 2.66. The van der Waals surface area contributed by atoms with Crippen LogP contribution in [0.3, 0.4) is 0 Å². The lowest BCUT2D eigenvalue weighted by atomic mass is 10.1. The van der Waals surface area contributed by atoms with Gasteiger partial charge in [0.25, 0.3) is 5.91 Å². The molecule has 0 aliphatic carbocycles. The molecule has 0 saturated heterocycles. The van der Waals surface area contributed by atoms with Gasteiger partial charge in [-0.25, -0.2) is 0 Å². The molecule has 0 aliphatic rings. The van der Waals surface area contributed by atoms with E-state index in [-0.39, 0.29) is 5.91 Å². The summed E-state index contributed by atoms with van der Waals surface area (Å²) in [7, 11) is 3.16. The number of rotatable bonds is 8. The topological polar surface area (TPSA) is 50.8 Å². The molecule has 5 nitrogen and oxygen atoms in total. The van der Waals surface area contributed by atoms with Gasteiger partial charge in [0.05, 0.1) is 14.2 Å². The van der Waals surface area contributed by atoms with Gasteiger partial charge in [0.15, 0.2) is 0 Å². The first-order chi connectivity index (χ1) is 12.1. The fraction of sp³-hybridized carbons (Fsp3) is 0.350. The van der Waals surface area contributed by atoms with Gasteiger partial charge in [-0.2, -0.15) is 0 Å². The Morgan fingerprint density at radius 2 is 1.52 bits per heavy atom. The number of methoxy groups -OCH3 is 2. The molecule has 0 unspecified atom stereocenters. The largest absolute Gasteiger partial charge is 0.497 e. The van der Waals surface area contributed by atoms with E-state index in [1.54, 1.807) is 32.4 Å². The van der Waals surface area contributed by atoms with Crippen LogP contribution in [0.4, 0.5) is 5.69 Å². The van der Waals surface area contributed by atoms with E-state index < -0.39 is 0 Å². The van der Waals surface area contributed by atoms with Crippen molar-refractivity contribution in [2.75, 3.05) is 32.6 Å². The molecule has 0 aliphatic heterocycles. The summed E-state index contributed by atoms with van der Waals surface area (Å²) in [5.41, 5.74) is 2.45. The van der Waals surface area contributed by atoms with Crippen LogP contribution in [0.25, 0.3) is 0 Å². The van der Waals surface area contributed by atoms with E-state index in [1.807, 2.05) is 24.3 Å². The number of nitrogens with one attached hydrogen (secondary N) is 1. The lowest BCUT2D eigenvalue weighted by molar-refractivity contribution is 0.102. The van der Waals surface area contributed by atoms with Gasteiger partial charge in [-0.15, -0.1) is 0 Å². The van der Waals surface area contributed by atoms with Crippen LogP contribution in [0.5, 0.6) is 11.5 Å². The number of ether oxygens (including phenoxy) is 2. The molecule has 25 heavy (non-hydrogen) atoms. The summed E-state index contributed by atoms with van der Waals surface area (Å²) >= 11 is 0. The Hall–Kier alpha value is -2.53. The molecule has 0 radical (unpaired) electrons. The normalized spacial score (nSPS) is 10.6. The van der Waals surface area contributed by atoms with Crippen LogP contribution >= 0.6 is 0 Å². The molecular formula is C20H26N2O3. The molecular weight excluding hydrogens is 316 g/mol. The molecule has 0 heterocycles. The van der Waals surface area contributed by atoms with Crippen molar-refractivity contribution in [3.63, 3.8) is 0 Å². The van der Waals surface area contributed by atoms with Crippen LogP contribution in [-0.4, -0.2) is 38.1 Å². The number of anilines is 1. The number of carbonyl (C=O) groups is 1. The first-order valence-corrected chi connectivity index (χ1v) is 8.45. The summed E-state index contributed by atoms with van der Waals surface area (Å²) in [6, 6.07) is 13.0. The summed E-state index contributed by atoms with van der Waals surface area (Å²) < 4.78 is 10.4. The Kier molecular flexibility index (Phi) is 6.83. The summed E-state index contributed by atoms with van der Waals surface area (Å²) in [6.45, 7) is 7.20. The molecule has 2 aromatic carbocycles. The highest BCUT2D eigenvalue weighted by molar-refractivity contribution is 6.04. The van der Waals surface area contributed by atoms with Crippen LogP contribution in [0.15, 0.2) is 42.5 Å². The third kappa shape index (κ3) is 5.22. The first-order valence-electron chi connectivity index (χ1n) is 8.45. The Balaban J connectivity index is 2.08. The van der Waals surface area contributed by atoms with Gasteiger partial charge < -0.3 is 14.8 Å². The van der Waals surface area contributed by atoms with Gasteiger partial charge in [-0.1, -0.05) is 26.0 Å².